The van der Waals surface area contributed by atoms with Crippen molar-refractivity contribution in [3.63, 3.8) is 0 Å². The molecule has 0 spiro atoms. The quantitative estimate of drug-likeness (QED) is 0.710. The van der Waals surface area contributed by atoms with Crippen LogP contribution in [0.4, 0.5) is 0 Å². The van der Waals surface area contributed by atoms with E-state index in [1.165, 1.54) is 11.6 Å². The topological polar surface area (TPSA) is 67.8 Å². The highest BCUT2D eigenvalue weighted by Gasteiger charge is 2.24. The first-order valence-electron chi connectivity index (χ1n) is 5.26. The predicted octanol–water partition coefficient (Wildman–Crippen LogP) is 0.137. The van der Waals surface area contributed by atoms with E-state index in [9.17, 15) is 9.59 Å². The Morgan fingerprint density at radius 3 is 2.56 bits per heavy atom. The molecule has 0 bridgehead atoms. The van der Waals surface area contributed by atoms with Crippen LogP contribution in [0.5, 0.6) is 0 Å². The number of nitriles is 1. The lowest BCUT2D eigenvalue weighted by Crippen LogP contribution is -2.41. The van der Waals surface area contributed by atoms with Gasteiger partial charge in [0.25, 0.3) is 5.56 Å². The van der Waals surface area contributed by atoms with E-state index in [4.69, 9.17) is 5.26 Å². The summed E-state index contributed by atoms with van der Waals surface area (Å²) >= 11 is 0. The van der Waals surface area contributed by atoms with Crippen LogP contribution in [-0.4, -0.2) is 9.13 Å². The fourth-order valence-corrected chi connectivity index (χ4v) is 1.77. The highest BCUT2D eigenvalue weighted by atomic mass is 16.2. The number of nitrogens with zero attached hydrogens (tertiary/aromatic N) is 3. The number of rotatable bonds is 2. The molecule has 0 radical (unpaired) electrons. The van der Waals surface area contributed by atoms with Crippen molar-refractivity contribution in [1.29, 1.82) is 5.26 Å². The van der Waals surface area contributed by atoms with Gasteiger partial charge in [-0.25, -0.2) is 4.79 Å². The predicted molar refractivity (Wildman–Crippen MR) is 58.1 cm³/mol. The molecular formula is C11H13N3O2. The lowest BCUT2D eigenvalue weighted by atomic mass is 10.2. The van der Waals surface area contributed by atoms with Crippen LogP contribution in [0.15, 0.2) is 9.59 Å². The fourth-order valence-electron chi connectivity index (χ4n) is 1.77. The van der Waals surface area contributed by atoms with Crippen molar-refractivity contribution < 1.29 is 0 Å². The molecule has 0 unspecified atom stereocenters. The fraction of sp³-hybridized carbons (Fsp3) is 0.545. The van der Waals surface area contributed by atoms with Crippen LogP contribution in [0.3, 0.4) is 0 Å². The van der Waals surface area contributed by atoms with E-state index in [-0.39, 0.29) is 11.3 Å². The van der Waals surface area contributed by atoms with Gasteiger partial charge in [-0.3, -0.25) is 13.9 Å². The summed E-state index contributed by atoms with van der Waals surface area (Å²) in [6.07, 6.45) is 2.24. The van der Waals surface area contributed by atoms with Gasteiger partial charge < -0.3 is 0 Å². The van der Waals surface area contributed by atoms with Crippen molar-refractivity contribution in [2.24, 2.45) is 13.0 Å². The molecule has 0 N–H and O–H groups in total. The van der Waals surface area contributed by atoms with Gasteiger partial charge in [-0.15, -0.1) is 0 Å². The van der Waals surface area contributed by atoms with Crippen molar-refractivity contribution >= 4 is 0 Å². The van der Waals surface area contributed by atoms with Gasteiger partial charge in [-0.2, -0.15) is 5.26 Å². The third-order valence-electron chi connectivity index (χ3n) is 3.05. The van der Waals surface area contributed by atoms with Crippen LogP contribution in [-0.2, 0) is 13.6 Å². The summed E-state index contributed by atoms with van der Waals surface area (Å²) < 4.78 is 2.55. The first-order valence-corrected chi connectivity index (χ1v) is 5.26. The van der Waals surface area contributed by atoms with Crippen molar-refractivity contribution in [3.8, 4) is 6.07 Å². The standard InChI is InChI=1S/C11H13N3O2/c1-7-9(5-12)10(15)13(2)11(16)14(7)6-8-3-4-8/h8H,3-4,6H2,1-2H3. The molecule has 0 saturated heterocycles. The van der Waals surface area contributed by atoms with E-state index >= 15 is 0 Å². The number of aromatic nitrogens is 2. The minimum Gasteiger partial charge on any atom is -0.296 e. The third kappa shape index (κ3) is 1.56. The highest BCUT2D eigenvalue weighted by molar-refractivity contribution is 5.30. The van der Waals surface area contributed by atoms with Crippen molar-refractivity contribution in [3.05, 3.63) is 32.1 Å². The normalized spacial score (nSPS) is 14.8. The smallest absolute Gasteiger partial charge is 0.296 e. The van der Waals surface area contributed by atoms with Crippen molar-refractivity contribution in [2.45, 2.75) is 26.3 Å². The lowest BCUT2D eigenvalue weighted by molar-refractivity contribution is 0.543. The summed E-state index contributed by atoms with van der Waals surface area (Å²) in [5.74, 6) is 0.528. The van der Waals surface area contributed by atoms with E-state index in [0.29, 0.717) is 18.2 Å². The summed E-state index contributed by atoms with van der Waals surface area (Å²) in [6.45, 7) is 2.28. The monoisotopic (exact) mass is 219 g/mol. The maximum absolute atomic E-state index is 11.9. The SMILES string of the molecule is Cc1c(C#N)c(=O)n(C)c(=O)n1CC1CC1. The molecule has 2 rings (SSSR count). The van der Waals surface area contributed by atoms with Crippen LogP contribution in [0.1, 0.15) is 24.1 Å². The van der Waals surface area contributed by atoms with Gasteiger partial charge >= 0.3 is 5.69 Å². The van der Waals surface area contributed by atoms with Crippen LogP contribution in [0.25, 0.3) is 0 Å². The Labute approximate surface area is 92.6 Å². The van der Waals surface area contributed by atoms with Gasteiger partial charge in [0.1, 0.15) is 11.6 Å². The van der Waals surface area contributed by atoms with Gasteiger partial charge in [0.05, 0.1) is 0 Å². The Kier molecular flexibility index (Phi) is 2.43. The molecule has 1 saturated carbocycles. The lowest BCUT2D eigenvalue weighted by Gasteiger charge is -2.11. The van der Waals surface area contributed by atoms with Crippen LogP contribution >= 0.6 is 0 Å². The van der Waals surface area contributed by atoms with Crippen LogP contribution in [0, 0.1) is 24.2 Å². The Bertz CT molecular complexity index is 585. The zero-order chi connectivity index (χ0) is 11.9. The van der Waals surface area contributed by atoms with E-state index in [0.717, 1.165) is 17.4 Å². The zero-order valence-electron chi connectivity index (χ0n) is 9.36. The molecule has 1 heterocycles. The molecule has 0 atom stereocenters. The van der Waals surface area contributed by atoms with E-state index < -0.39 is 5.56 Å². The maximum Gasteiger partial charge on any atom is 0.330 e. The average molecular weight is 219 g/mol. The molecule has 0 amide bonds. The Morgan fingerprint density at radius 1 is 1.44 bits per heavy atom. The molecular weight excluding hydrogens is 206 g/mol. The van der Waals surface area contributed by atoms with Gasteiger partial charge in [0.2, 0.25) is 0 Å². The maximum atomic E-state index is 11.9. The first-order chi connectivity index (χ1) is 7.56. The summed E-state index contributed by atoms with van der Waals surface area (Å²) in [4.78, 5) is 23.5. The Balaban J connectivity index is 2.68. The molecule has 16 heavy (non-hydrogen) atoms. The van der Waals surface area contributed by atoms with Gasteiger partial charge in [0.15, 0.2) is 0 Å². The second-order valence-corrected chi connectivity index (χ2v) is 4.27. The largest absolute Gasteiger partial charge is 0.330 e. The molecule has 1 fully saturated rings. The van der Waals surface area contributed by atoms with Crippen molar-refractivity contribution in [2.75, 3.05) is 0 Å². The second-order valence-electron chi connectivity index (χ2n) is 4.27. The van der Waals surface area contributed by atoms with Gasteiger partial charge in [0, 0.05) is 19.3 Å². The molecule has 84 valence electrons. The van der Waals surface area contributed by atoms with E-state index in [1.54, 1.807) is 6.92 Å². The summed E-state index contributed by atoms with van der Waals surface area (Å²) in [5.41, 5.74) is -0.268. The summed E-state index contributed by atoms with van der Waals surface area (Å²) in [7, 11) is 1.41. The van der Waals surface area contributed by atoms with Gasteiger partial charge in [-0.05, 0) is 25.7 Å². The number of hydrogen-bond acceptors (Lipinski definition) is 3. The Morgan fingerprint density at radius 2 is 2.06 bits per heavy atom. The highest BCUT2D eigenvalue weighted by Crippen LogP contribution is 2.30. The average Bonchev–Trinajstić information content (AvgIpc) is 3.06. The minimum atomic E-state index is -0.503. The summed E-state index contributed by atoms with van der Waals surface area (Å²) in [6, 6.07) is 1.87. The molecule has 1 aromatic heterocycles. The van der Waals surface area contributed by atoms with Crippen molar-refractivity contribution in [1.82, 2.24) is 9.13 Å². The minimum absolute atomic E-state index is 0.0720. The molecule has 5 heteroatoms. The Hall–Kier alpha value is -1.83. The number of hydrogen-bond donors (Lipinski definition) is 0. The molecule has 1 aromatic rings. The first kappa shape index (κ1) is 10.7. The molecule has 0 aromatic carbocycles. The molecule has 1 aliphatic rings. The van der Waals surface area contributed by atoms with Crippen LogP contribution in [0.2, 0.25) is 0 Å². The third-order valence-corrected chi connectivity index (χ3v) is 3.05. The van der Waals surface area contributed by atoms with Gasteiger partial charge in [-0.1, -0.05) is 0 Å². The zero-order valence-corrected chi connectivity index (χ0v) is 9.36. The second kappa shape index (κ2) is 3.63. The molecule has 0 aliphatic heterocycles. The van der Waals surface area contributed by atoms with Crippen LogP contribution < -0.4 is 11.2 Å². The molecule has 5 nitrogen and oxygen atoms in total. The van der Waals surface area contributed by atoms with E-state index in [1.807, 2.05) is 6.07 Å². The van der Waals surface area contributed by atoms with E-state index in [2.05, 4.69) is 0 Å². The summed E-state index contributed by atoms with van der Waals surface area (Å²) in [5, 5.41) is 8.91. The molecule has 1 aliphatic carbocycles.